The lowest BCUT2D eigenvalue weighted by Crippen LogP contribution is -2.46. The summed E-state index contributed by atoms with van der Waals surface area (Å²) in [5.74, 6) is -2.12. The van der Waals surface area contributed by atoms with Crippen molar-refractivity contribution < 1.29 is 24.0 Å². The van der Waals surface area contributed by atoms with Gasteiger partial charge in [0.2, 0.25) is 29.3 Å². The minimum atomic E-state index is -0.844. The number of anilines is 2. The van der Waals surface area contributed by atoms with Crippen molar-refractivity contribution in [2.75, 3.05) is 36.5 Å². The van der Waals surface area contributed by atoms with Crippen LogP contribution in [-0.4, -0.2) is 75.6 Å². The van der Waals surface area contributed by atoms with Gasteiger partial charge in [0.15, 0.2) is 11.6 Å². The van der Waals surface area contributed by atoms with Crippen LogP contribution in [0.4, 0.5) is 16.0 Å². The smallest absolute Gasteiger partial charge is 0.245 e. The molecule has 1 aromatic rings. The molecule has 1 saturated heterocycles. The van der Waals surface area contributed by atoms with Gasteiger partial charge in [-0.2, -0.15) is 14.4 Å². The molecule has 206 valence electrons. The van der Waals surface area contributed by atoms with E-state index in [4.69, 9.17) is 11.6 Å². The Bertz CT molecular complexity index is 946. The fraction of sp³-hybridized carbons (Fsp3) is 0.708. The van der Waals surface area contributed by atoms with Crippen LogP contribution in [0.25, 0.3) is 0 Å². The highest BCUT2D eigenvalue weighted by Crippen LogP contribution is 2.32. The Morgan fingerprint density at radius 2 is 1.92 bits per heavy atom. The van der Waals surface area contributed by atoms with Crippen LogP contribution in [0.5, 0.6) is 0 Å². The number of nitrogens with one attached hydrogen (secondary N) is 2. The molecule has 11 nitrogen and oxygen atoms in total. The number of hydroxylamine groups is 2. The molecule has 0 aromatic carbocycles. The normalized spacial score (nSPS) is 18.5. The van der Waals surface area contributed by atoms with E-state index in [-0.39, 0.29) is 35.8 Å². The van der Waals surface area contributed by atoms with E-state index >= 15 is 4.39 Å². The molecule has 1 aliphatic heterocycles. The Labute approximate surface area is 221 Å². The Morgan fingerprint density at radius 3 is 2.57 bits per heavy atom. The standard InChI is InChI=1S/C24H37ClFN7O4/c1-3-31(4-2)23(36)18-10-7-13-33(18)21-19(26)20(27-24(25)28-21)29-30-22(35)17(14-32(37)15-34)12-11-16-8-5-6-9-16/h15-18,37H,3-14H2,1-2H3,(H,30,35)(H,27,28,29)/t17-,18+/m1/s1. The van der Waals surface area contributed by atoms with E-state index in [2.05, 4.69) is 20.8 Å². The van der Waals surface area contributed by atoms with Crippen molar-refractivity contribution in [1.29, 1.82) is 0 Å². The number of hydrogen-bond donors (Lipinski definition) is 3. The van der Waals surface area contributed by atoms with Gasteiger partial charge >= 0.3 is 0 Å². The second-order valence-corrected chi connectivity index (χ2v) is 9.95. The number of carbonyl (C=O) groups is 3. The second-order valence-electron chi connectivity index (χ2n) is 9.61. The van der Waals surface area contributed by atoms with E-state index in [1.807, 2.05) is 13.8 Å². The minimum Gasteiger partial charge on any atom is -0.342 e. The first-order valence-electron chi connectivity index (χ1n) is 13.0. The monoisotopic (exact) mass is 541 g/mol. The quantitative estimate of drug-likeness (QED) is 0.150. The molecule has 3 rings (SSSR count). The summed E-state index contributed by atoms with van der Waals surface area (Å²) in [6, 6.07) is -0.568. The third kappa shape index (κ3) is 7.41. The van der Waals surface area contributed by atoms with Gasteiger partial charge < -0.3 is 9.80 Å². The van der Waals surface area contributed by atoms with Gasteiger partial charge in [-0.25, -0.2) is 5.06 Å². The zero-order valence-corrected chi connectivity index (χ0v) is 22.2. The summed E-state index contributed by atoms with van der Waals surface area (Å²) in [7, 11) is 0. The van der Waals surface area contributed by atoms with Crippen LogP contribution in [0.15, 0.2) is 0 Å². The summed E-state index contributed by atoms with van der Waals surface area (Å²) in [6.45, 7) is 5.10. The van der Waals surface area contributed by atoms with Crippen molar-refractivity contribution in [1.82, 2.24) is 25.4 Å². The van der Waals surface area contributed by atoms with E-state index in [9.17, 15) is 19.6 Å². The molecule has 3 amide bonds. The van der Waals surface area contributed by atoms with Crippen LogP contribution in [0.2, 0.25) is 5.28 Å². The molecule has 1 saturated carbocycles. The number of nitrogens with zero attached hydrogens (tertiary/aromatic N) is 5. The maximum atomic E-state index is 15.5. The first-order valence-corrected chi connectivity index (χ1v) is 13.4. The summed E-state index contributed by atoms with van der Waals surface area (Å²) in [5.41, 5.74) is 4.92. The third-order valence-electron chi connectivity index (χ3n) is 7.29. The molecule has 2 atom stereocenters. The summed E-state index contributed by atoms with van der Waals surface area (Å²) in [6.07, 6.45) is 7.28. The van der Waals surface area contributed by atoms with Gasteiger partial charge in [0, 0.05) is 19.6 Å². The molecule has 13 heteroatoms. The van der Waals surface area contributed by atoms with Crippen LogP contribution in [0, 0.1) is 17.7 Å². The molecule has 0 unspecified atom stereocenters. The molecule has 37 heavy (non-hydrogen) atoms. The molecular formula is C24H37ClFN7O4. The Hall–Kier alpha value is -2.73. The number of rotatable bonds is 13. The second kappa shape index (κ2) is 13.7. The van der Waals surface area contributed by atoms with E-state index in [1.54, 1.807) is 9.80 Å². The van der Waals surface area contributed by atoms with Gasteiger partial charge in [-0.1, -0.05) is 25.7 Å². The van der Waals surface area contributed by atoms with Gasteiger partial charge in [-0.05, 0) is 57.0 Å². The molecule has 2 aliphatic rings. The zero-order chi connectivity index (χ0) is 26.9. The topological polar surface area (TPSA) is 131 Å². The van der Waals surface area contributed by atoms with Gasteiger partial charge in [-0.3, -0.25) is 30.4 Å². The largest absolute Gasteiger partial charge is 0.342 e. The zero-order valence-electron chi connectivity index (χ0n) is 21.5. The maximum Gasteiger partial charge on any atom is 0.245 e. The fourth-order valence-corrected chi connectivity index (χ4v) is 5.40. The molecule has 2 fully saturated rings. The predicted molar refractivity (Wildman–Crippen MR) is 136 cm³/mol. The number of aromatic nitrogens is 2. The molecular weight excluding hydrogens is 505 g/mol. The lowest BCUT2D eigenvalue weighted by Gasteiger charge is -2.30. The molecule has 3 N–H and O–H groups in total. The van der Waals surface area contributed by atoms with Crippen LogP contribution in [-0.2, 0) is 14.4 Å². The van der Waals surface area contributed by atoms with Gasteiger partial charge in [0.1, 0.15) is 6.04 Å². The van der Waals surface area contributed by atoms with Crippen molar-refractivity contribution in [3.8, 4) is 0 Å². The van der Waals surface area contributed by atoms with Crippen molar-refractivity contribution in [2.45, 2.75) is 71.3 Å². The molecule has 0 radical (unpaired) electrons. The molecule has 1 aromatic heterocycles. The molecule has 2 heterocycles. The number of likely N-dealkylation sites (N-methyl/N-ethyl adjacent to an activating group) is 1. The first-order chi connectivity index (χ1) is 17.8. The number of hydrogen-bond acceptors (Lipinski definition) is 8. The maximum absolute atomic E-state index is 15.5. The molecule has 1 aliphatic carbocycles. The molecule has 0 bridgehead atoms. The van der Waals surface area contributed by atoms with Crippen LogP contribution in [0.3, 0.4) is 0 Å². The van der Waals surface area contributed by atoms with Gasteiger partial charge in [0.25, 0.3) is 0 Å². The van der Waals surface area contributed by atoms with E-state index in [0.29, 0.717) is 49.9 Å². The highest BCUT2D eigenvalue weighted by atomic mass is 35.5. The minimum absolute atomic E-state index is 0.103. The van der Waals surface area contributed by atoms with Crippen molar-refractivity contribution in [2.24, 2.45) is 11.8 Å². The van der Waals surface area contributed by atoms with E-state index in [1.165, 1.54) is 0 Å². The summed E-state index contributed by atoms with van der Waals surface area (Å²) >= 11 is 6.09. The summed E-state index contributed by atoms with van der Waals surface area (Å²) < 4.78 is 15.5. The summed E-state index contributed by atoms with van der Waals surface area (Å²) in [5, 5.41) is 9.86. The third-order valence-corrected chi connectivity index (χ3v) is 7.46. The predicted octanol–water partition coefficient (Wildman–Crippen LogP) is 2.98. The lowest BCUT2D eigenvalue weighted by molar-refractivity contribution is -0.154. The van der Waals surface area contributed by atoms with E-state index < -0.39 is 23.7 Å². The van der Waals surface area contributed by atoms with Crippen molar-refractivity contribution >= 4 is 41.5 Å². The first kappa shape index (κ1) is 28.8. The fourth-order valence-electron chi connectivity index (χ4n) is 5.24. The highest BCUT2D eigenvalue weighted by molar-refractivity contribution is 6.28. The highest BCUT2D eigenvalue weighted by Gasteiger charge is 2.36. The summed E-state index contributed by atoms with van der Waals surface area (Å²) in [4.78, 5) is 48.0. The Kier molecular flexibility index (Phi) is 10.7. The van der Waals surface area contributed by atoms with Crippen molar-refractivity contribution in [3.63, 3.8) is 0 Å². The average Bonchev–Trinajstić information content (AvgIpc) is 3.59. The van der Waals surface area contributed by atoms with Gasteiger partial charge in [-0.15, -0.1) is 0 Å². The Balaban J connectivity index is 1.72. The average molecular weight is 542 g/mol. The number of hydrazine groups is 1. The van der Waals surface area contributed by atoms with Crippen LogP contribution >= 0.6 is 11.6 Å². The van der Waals surface area contributed by atoms with Crippen molar-refractivity contribution in [3.05, 3.63) is 11.1 Å². The Morgan fingerprint density at radius 1 is 1.22 bits per heavy atom. The SMILES string of the molecule is CCN(CC)C(=O)[C@@H]1CCCN1c1nc(Cl)nc(NNC(=O)[C@H](CCC2CCCC2)CN(O)C=O)c1F. The lowest BCUT2D eigenvalue weighted by atomic mass is 9.94. The molecule has 0 spiro atoms. The van der Waals surface area contributed by atoms with E-state index in [0.717, 1.165) is 32.1 Å². The number of amides is 3. The number of carbonyl (C=O) groups excluding carboxylic acids is 3. The van der Waals surface area contributed by atoms with Gasteiger partial charge in [0.05, 0.1) is 12.5 Å². The van der Waals surface area contributed by atoms with Crippen LogP contribution in [0.1, 0.15) is 65.2 Å². The van der Waals surface area contributed by atoms with Crippen LogP contribution < -0.4 is 15.8 Å². The number of halogens is 2.